The van der Waals surface area contributed by atoms with Crippen LogP contribution in [0.5, 0.6) is 0 Å². The van der Waals surface area contributed by atoms with E-state index in [1.54, 1.807) is 12.1 Å². The second-order valence-corrected chi connectivity index (χ2v) is 15.2. The van der Waals surface area contributed by atoms with E-state index in [2.05, 4.69) is 56.0 Å². The highest BCUT2D eigenvalue weighted by molar-refractivity contribution is 6.88. The fraction of sp³-hybridized carbons (Fsp3) is 0.136. The van der Waals surface area contributed by atoms with Crippen molar-refractivity contribution in [2.24, 2.45) is 0 Å². The Morgan fingerprint density at radius 1 is 0.846 bits per heavy atom. The third kappa shape index (κ3) is 4.48. The van der Waals surface area contributed by atoms with Crippen LogP contribution in [0.1, 0.15) is 15.9 Å². The third-order valence-electron chi connectivity index (χ3n) is 4.09. The molecule has 0 radical (unpaired) electrons. The van der Waals surface area contributed by atoms with Gasteiger partial charge in [0.1, 0.15) is 5.82 Å². The van der Waals surface area contributed by atoms with Crippen molar-refractivity contribution in [2.75, 3.05) is 0 Å². The largest absolute Gasteiger partial charge is 0.357 e. The summed E-state index contributed by atoms with van der Waals surface area (Å²) in [4.78, 5) is 12.8. The zero-order chi connectivity index (χ0) is 18.7. The van der Waals surface area contributed by atoms with Crippen molar-refractivity contribution in [1.82, 2.24) is 0 Å². The van der Waals surface area contributed by atoms with E-state index in [4.69, 9.17) is 0 Å². The molecule has 3 aromatic carbocycles. The molecular weight excluding hydrogens is 454 g/mol. The van der Waals surface area contributed by atoms with Crippen LogP contribution in [0.2, 0.25) is 19.6 Å². The molecule has 0 heterocycles. The molecular formula is C22H21FIOSi+. The number of carbonyl (C=O) groups excluding carboxylic acids is 1. The molecule has 0 aliphatic carbocycles. The van der Waals surface area contributed by atoms with E-state index in [0.29, 0.717) is 11.1 Å². The first-order valence-electron chi connectivity index (χ1n) is 8.49. The van der Waals surface area contributed by atoms with Crippen molar-refractivity contribution >= 4 is 19.0 Å². The number of hydrogen-bond acceptors (Lipinski definition) is 1. The van der Waals surface area contributed by atoms with E-state index >= 15 is 0 Å². The summed E-state index contributed by atoms with van der Waals surface area (Å²) >= 11 is -0.354. The van der Waals surface area contributed by atoms with E-state index < -0.39 is 8.07 Å². The van der Waals surface area contributed by atoms with Gasteiger partial charge in [-0.05, 0) is 41.6 Å². The fourth-order valence-electron chi connectivity index (χ4n) is 2.71. The van der Waals surface area contributed by atoms with Gasteiger partial charge in [-0.15, -0.1) is 0 Å². The fourth-order valence-corrected chi connectivity index (χ4v) is 9.23. The second-order valence-electron chi connectivity index (χ2n) is 7.17. The minimum absolute atomic E-state index is 0.0505. The summed E-state index contributed by atoms with van der Waals surface area (Å²) < 4.78 is 15.8. The van der Waals surface area contributed by atoms with Gasteiger partial charge in [0, 0.05) is 17.2 Å². The van der Waals surface area contributed by atoms with Crippen LogP contribution in [0.25, 0.3) is 0 Å². The van der Waals surface area contributed by atoms with Crippen LogP contribution in [0.15, 0.2) is 72.8 Å². The Morgan fingerprint density at radius 3 is 2.08 bits per heavy atom. The highest BCUT2D eigenvalue weighted by atomic mass is 127. The predicted octanol–water partition coefficient (Wildman–Crippen LogP) is 1.73. The number of benzene rings is 3. The van der Waals surface area contributed by atoms with Gasteiger partial charge in [-0.2, -0.15) is 0 Å². The van der Waals surface area contributed by atoms with Crippen LogP contribution in [-0.2, 0) is 0 Å². The van der Waals surface area contributed by atoms with Gasteiger partial charge in [-0.3, -0.25) is 4.79 Å². The van der Waals surface area contributed by atoms with Gasteiger partial charge in [0.05, 0.1) is 8.07 Å². The van der Waals surface area contributed by atoms with Gasteiger partial charge in [-0.1, -0.05) is 50.0 Å². The molecule has 0 saturated carbocycles. The molecule has 3 aromatic rings. The zero-order valence-corrected chi connectivity index (χ0v) is 18.2. The highest BCUT2D eigenvalue weighted by Crippen LogP contribution is 2.12. The Morgan fingerprint density at radius 2 is 1.46 bits per heavy atom. The minimum Gasteiger partial charge on any atom is -0.289 e. The molecule has 0 spiro atoms. The predicted molar refractivity (Wildman–Crippen MR) is 103 cm³/mol. The average molecular weight is 475 g/mol. The monoisotopic (exact) mass is 475 g/mol. The van der Waals surface area contributed by atoms with Crippen LogP contribution < -0.4 is 26.4 Å². The van der Waals surface area contributed by atoms with Gasteiger partial charge in [-0.25, -0.2) is 4.39 Å². The number of hydrogen-bond donors (Lipinski definition) is 0. The van der Waals surface area contributed by atoms with Gasteiger partial charge in [0.25, 0.3) is 0 Å². The first kappa shape index (κ1) is 19.0. The van der Waals surface area contributed by atoms with Crippen molar-refractivity contribution in [1.29, 1.82) is 0 Å². The van der Waals surface area contributed by atoms with Gasteiger partial charge < -0.3 is 0 Å². The molecule has 0 amide bonds. The van der Waals surface area contributed by atoms with E-state index in [0.717, 1.165) is 0 Å². The van der Waals surface area contributed by atoms with Crippen LogP contribution in [0, 0.1) is 13.0 Å². The smallest absolute Gasteiger partial charge is 0.289 e. The zero-order valence-electron chi connectivity index (χ0n) is 15.1. The summed E-state index contributed by atoms with van der Waals surface area (Å²) in [5, 5.41) is 1.42. The molecule has 4 heteroatoms. The van der Waals surface area contributed by atoms with Crippen LogP contribution in [0.3, 0.4) is 0 Å². The lowest BCUT2D eigenvalue weighted by molar-refractivity contribution is -0.596. The number of rotatable bonds is 5. The first-order valence-corrected chi connectivity index (χ1v) is 14.1. The van der Waals surface area contributed by atoms with E-state index in [1.807, 2.05) is 12.1 Å². The standard InChI is InChI=1S/C22H21FIOSi/c1-26(2,3)21-14-11-17(22(25)16-9-12-18(23)13-10-16)15-20(21)24-19-7-5-4-6-8-19/h4-15H,1-3H3/q+1. The summed E-state index contributed by atoms with van der Waals surface area (Å²) in [6.45, 7) is 7.01. The maximum absolute atomic E-state index is 13.1. The maximum atomic E-state index is 13.1. The molecule has 0 N–H and O–H groups in total. The summed E-state index contributed by atoms with van der Waals surface area (Å²) in [5.41, 5.74) is 1.21. The number of carbonyl (C=O) groups is 1. The summed E-state index contributed by atoms with van der Waals surface area (Å²) in [6, 6.07) is 22.4. The summed E-state index contributed by atoms with van der Waals surface area (Å²) in [5.74, 6) is -0.378. The van der Waals surface area contributed by atoms with Crippen molar-refractivity contribution in [3.8, 4) is 0 Å². The third-order valence-corrected chi connectivity index (χ3v) is 9.47. The van der Waals surface area contributed by atoms with Crippen LogP contribution in [-0.4, -0.2) is 13.9 Å². The van der Waals surface area contributed by atoms with E-state index in [1.165, 1.54) is 24.5 Å². The summed E-state index contributed by atoms with van der Waals surface area (Å²) in [6.07, 6.45) is 0. The van der Waals surface area contributed by atoms with E-state index in [9.17, 15) is 9.18 Å². The lowest BCUT2D eigenvalue weighted by Crippen LogP contribution is -3.62. The Balaban J connectivity index is 2.01. The van der Waals surface area contributed by atoms with Gasteiger partial charge >= 0.3 is 21.2 Å². The molecule has 132 valence electrons. The lowest BCUT2D eigenvalue weighted by atomic mass is 10.0. The van der Waals surface area contributed by atoms with Crippen molar-refractivity contribution in [3.05, 3.63) is 96.9 Å². The van der Waals surface area contributed by atoms with Crippen LogP contribution >= 0.6 is 0 Å². The molecule has 3 rings (SSSR count). The van der Waals surface area contributed by atoms with Gasteiger partial charge in [0.2, 0.25) is 0 Å². The lowest BCUT2D eigenvalue weighted by Gasteiger charge is -2.16. The molecule has 26 heavy (non-hydrogen) atoms. The molecule has 0 aliphatic heterocycles. The molecule has 0 aromatic heterocycles. The quantitative estimate of drug-likeness (QED) is 0.312. The molecule has 0 saturated heterocycles. The van der Waals surface area contributed by atoms with Crippen molar-refractivity contribution in [3.63, 3.8) is 0 Å². The SMILES string of the molecule is C[Si](C)(C)c1ccc(C(=O)c2ccc(F)cc2)cc1[I+]c1ccccc1. The number of halogens is 2. The highest BCUT2D eigenvalue weighted by Gasteiger charge is 2.29. The summed E-state index contributed by atoms with van der Waals surface area (Å²) in [7, 11) is -1.51. The van der Waals surface area contributed by atoms with Crippen molar-refractivity contribution < 1.29 is 30.4 Å². The molecule has 1 nitrogen and oxygen atoms in total. The molecule has 0 fully saturated rings. The topological polar surface area (TPSA) is 17.1 Å². The Labute approximate surface area is 165 Å². The van der Waals surface area contributed by atoms with E-state index in [-0.39, 0.29) is 32.8 Å². The molecule has 0 aliphatic rings. The Bertz CT molecular complexity index is 915. The Kier molecular flexibility index (Phi) is 5.72. The Hall–Kier alpha value is -1.79. The molecule has 0 bridgehead atoms. The molecule has 0 unspecified atom stereocenters. The normalized spacial score (nSPS) is 11.4. The van der Waals surface area contributed by atoms with Crippen molar-refractivity contribution in [2.45, 2.75) is 19.6 Å². The number of ketones is 1. The van der Waals surface area contributed by atoms with Gasteiger partial charge in [0.15, 0.2) is 12.9 Å². The molecule has 0 atom stereocenters. The van der Waals surface area contributed by atoms with Crippen LogP contribution in [0.4, 0.5) is 4.39 Å². The second kappa shape index (κ2) is 7.84. The minimum atomic E-state index is -1.51. The average Bonchev–Trinajstić information content (AvgIpc) is 2.61. The maximum Gasteiger partial charge on any atom is 0.357 e. The first-order chi connectivity index (χ1) is 12.3.